The summed E-state index contributed by atoms with van der Waals surface area (Å²) < 4.78 is 5.26. The molecule has 0 aliphatic carbocycles. The van der Waals surface area contributed by atoms with E-state index in [9.17, 15) is 4.79 Å². The third-order valence-electron chi connectivity index (χ3n) is 3.38. The summed E-state index contributed by atoms with van der Waals surface area (Å²) in [5.41, 5.74) is 6.22. The van der Waals surface area contributed by atoms with Gasteiger partial charge in [0.1, 0.15) is 0 Å². The van der Waals surface area contributed by atoms with E-state index in [-0.39, 0.29) is 11.9 Å². The molecule has 98 valence electrons. The molecule has 1 heterocycles. The number of benzene rings is 1. The lowest BCUT2D eigenvalue weighted by atomic mass is 9.85. The predicted molar refractivity (Wildman–Crippen MR) is 70.2 cm³/mol. The van der Waals surface area contributed by atoms with E-state index in [1.807, 2.05) is 25.1 Å². The van der Waals surface area contributed by atoms with Crippen molar-refractivity contribution in [3.05, 3.63) is 34.9 Å². The fourth-order valence-electron chi connectivity index (χ4n) is 1.95. The number of carbonyl (C=O) groups excluding carboxylic acids is 1. The van der Waals surface area contributed by atoms with Crippen molar-refractivity contribution in [1.29, 1.82) is 0 Å². The minimum atomic E-state index is -0.640. The molecule has 1 aliphatic heterocycles. The van der Waals surface area contributed by atoms with Crippen molar-refractivity contribution < 1.29 is 9.53 Å². The quantitative estimate of drug-likeness (QED) is 0.869. The summed E-state index contributed by atoms with van der Waals surface area (Å²) in [6.07, 6.45) is 0. The maximum Gasteiger partial charge on any atom is 0.230 e. The van der Waals surface area contributed by atoms with Crippen LogP contribution in [0.3, 0.4) is 0 Å². The molecule has 18 heavy (non-hydrogen) atoms. The molecule has 2 rings (SSSR count). The number of hydrogen-bond acceptors (Lipinski definition) is 3. The molecule has 0 saturated carbocycles. The summed E-state index contributed by atoms with van der Waals surface area (Å²) in [5, 5.41) is 3.54. The second kappa shape index (κ2) is 5.26. The number of carbonyl (C=O) groups is 1. The number of amides is 1. The summed E-state index contributed by atoms with van der Waals surface area (Å²) >= 11 is 5.89. The first-order valence-corrected chi connectivity index (χ1v) is 6.26. The highest BCUT2D eigenvalue weighted by Gasteiger charge is 2.44. The van der Waals surface area contributed by atoms with Gasteiger partial charge in [-0.25, -0.2) is 0 Å². The Kier molecular flexibility index (Phi) is 3.90. The fraction of sp³-hybridized carbons (Fsp3) is 0.462. The maximum absolute atomic E-state index is 12.1. The van der Waals surface area contributed by atoms with Crippen LogP contribution in [-0.2, 0) is 16.1 Å². The van der Waals surface area contributed by atoms with E-state index in [0.29, 0.717) is 24.8 Å². The summed E-state index contributed by atoms with van der Waals surface area (Å²) in [6, 6.07) is 7.15. The third-order valence-corrected chi connectivity index (χ3v) is 3.61. The van der Waals surface area contributed by atoms with Crippen molar-refractivity contribution in [2.24, 2.45) is 11.1 Å². The Morgan fingerprint density at radius 3 is 3.06 bits per heavy atom. The predicted octanol–water partition coefficient (Wildman–Crippen LogP) is 1.32. The van der Waals surface area contributed by atoms with Crippen molar-refractivity contribution in [3.63, 3.8) is 0 Å². The number of halogens is 1. The zero-order valence-electron chi connectivity index (χ0n) is 10.3. The molecule has 0 bridgehead atoms. The molecule has 2 unspecified atom stereocenters. The van der Waals surface area contributed by atoms with Crippen LogP contribution >= 0.6 is 11.6 Å². The van der Waals surface area contributed by atoms with E-state index in [1.165, 1.54) is 0 Å². The molecule has 1 aromatic rings. The van der Waals surface area contributed by atoms with E-state index in [1.54, 1.807) is 6.07 Å². The van der Waals surface area contributed by atoms with Crippen molar-refractivity contribution in [2.45, 2.75) is 19.5 Å². The van der Waals surface area contributed by atoms with Gasteiger partial charge in [0.25, 0.3) is 0 Å². The highest BCUT2D eigenvalue weighted by atomic mass is 35.5. The first-order chi connectivity index (χ1) is 8.52. The second-order valence-electron chi connectivity index (χ2n) is 4.85. The smallest absolute Gasteiger partial charge is 0.230 e. The van der Waals surface area contributed by atoms with Gasteiger partial charge in [0, 0.05) is 17.6 Å². The van der Waals surface area contributed by atoms with Gasteiger partial charge in [-0.1, -0.05) is 23.7 Å². The van der Waals surface area contributed by atoms with E-state index in [0.717, 1.165) is 5.56 Å². The molecule has 2 atom stereocenters. The van der Waals surface area contributed by atoms with Crippen LogP contribution in [0.25, 0.3) is 0 Å². The van der Waals surface area contributed by atoms with Crippen LogP contribution in [0, 0.1) is 5.41 Å². The van der Waals surface area contributed by atoms with Crippen LogP contribution in [0.4, 0.5) is 0 Å². The standard InChI is InChI=1S/C13H17ClN2O2/c1-13(8-18-7-11(13)15)12(17)16-6-9-3-2-4-10(14)5-9/h2-5,11H,6-8,15H2,1H3,(H,16,17). The molecular formula is C13H17ClN2O2. The zero-order chi connectivity index (χ0) is 13.2. The Balaban J connectivity index is 1.96. The number of rotatable bonds is 3. The summed E-state index contributed by atoms with van der Waals surface area (Å²) in [7, 11) is 0. The largest absolute Gasteiger partial charge is 0.379 e. The third kappa shape index (κ3) is 2.66. The van der Waals surface area contributed by atoms with Crippen molar-refractivity contribution in [2.75, 3.05) is 13.2 Å². The number of hydrogen-bond donors (Lipinski definition) is 2. The molecule has 0 spiro atoms. The minimum Gasteiger partial charge on any atom is -0.379 e. The molecule has 5 heteroatoms. The molecule has 4 nitrogen and oxygen atoms in total. The molecule has 3 N–H and O–H groups in total. The van der Waals surface area contributed by atoms with Gasteiger partial charge < -0.3 is 15.8 Å². The first kappa shape index (κ1) is 13.3. The van der Waals surface area contributed by atoms with Gasteiger partial charge >= 0.3 is 0 Å². The normalized spacial score (nSPS) is 27.2. The van der Waals surface area contributed by atoms with Gasteiger partial charge in [0.2, 0.25) is 5.91 Å². The average Bonchev–Trinajstić information content (AvgIpc) is 2.68. The second-order valence-corrected chi connectivity index (χ2v) is 5.29. The Morgan fingerprint density at radius 2 is 2.44 bits per heavy atom. The van der Waals surface area contributed by atoms with Crippen molar-refractivity contribution in [3.8, 4) is 0 Å². The van der Waals surface area contributed by atoms with Crippen LogP contribution in [0.15, 0.2) is 24.3 Å². The summed E-state index contributed by atoms with van der Waals surface area (Å²) in [5.74, 6) is -0.0764. The summed E-state index contributed by atoms with van der Waals surface area (Å²) in [4.78, 5) is 12.1. The highest BCUT2D eigenvalue weighted by Crippen LogP contribution is 2.27. The maximum atomic E-state index is 12.1. The van der Waals surface area contributed by atoms with Gasteiger partial charge in [-0.15, -0.1) is 0 Å². The molecule has 1 aliphatic rings. The SMILES string of the molecule is CC1(C(=O)NCc2cccc(Cl)c2)COCC1N. The van der Waals surface area contributed by atoms with E-state index in [4.69, 9.17) is 22.1 Å². The van der Waals surface area contributed by atoms with Crippen LogP contribution in [0.5, 0.6) is 0 Å². The molecule has 1 saturated heterocycles. The highest BCUT2D eigenvalue weighted by molar-refractivity contribution is 6.30. The van der Waals surface area contributed by atoms with Gasteiger partial charge in [0.05, 0.1) is 18.6 Å². The number of ether oxygens (including phenoxy) is 1. The topological polar surface area (TPSA) is 64.3 Å². The van der Waals surface area contributed by atoms with Crippen molar-refractivity contribution in [1.82, 2.24) is 5.32 Å². The van der Waals surface area contributed by atoms with Gasteiger partial charge in [0.15, 0.2) is 0 Å². The van der Waals surface area contributed by atoms with Crippen LogP contribution in [0.2, 0.25) is 5.02 Å². The minimum absolute atomic E-state index is 0.0764. The van der Waals surface area contributed by atoms with Gasteiger partial charge in [-0.2, -0.15) is 0 Å². The van der Waals surface area contributed by atoms with E-state index in [2.05, 4.69) is 5.32 Å². The number of nitrogens with two attached hydrogens (primary N) is 1. The molecule has 1 amide bonds. The van der Waals surface area contributed by atoms with E-state index < -0.39 is 5.41 Å². The Morgan fingerprint density at radius 1 is 1.67 bits per heavy atom. The average molecular weight is 269 g/mol. The molecule has 1 aromatic carbocycles. The summed E-state index contributed by atoms with van der Waals surface area (Å²) in [6.45, 7) is 3.08. The first-order valence-electron chi connectivity index (χ1n) is 5.88. The van der Waals surface area contributed by atoms with Crippen molar-refractivity contribution >= 4 is 17.5 Å². The van der Waals surface area contributed by atoms with Crippen LogP contribution in [0.1, 0.15) is 12.5 Å². The Bertz CT molecular complexity index is 452. The zero-order valence-corrected chi connectivity index (χ0v) is 11.0. The van der Waals surface area contributed by atoms with Gasteiger partial charge in [-0.05, 0) is 24.6 Å². The van der Waals surface area contributed by atoms with E-state index >= 15 is 0 Å². The number of nitrogens with one attached hydrogen (secondary N) is 1. The fourth-order valence-corrected chi connectivity index (χ4v) is 2.17. The molecule has 0 radical (unpaired) electrons. The lowest BCUT2D eigenvalue weighted by Gasteiger charge is -2.25. The molecular weight excluding hydrogens is 252 g/mol. The Labute approximate surface area is 111 Å². The Hall–Kier alpha value is -1.10. The lowest BCUT2D eigenvalue weighted by Crippen LogP contribution is -2.49. The lowest BCUT2D eigenvalue weighted by molar-refractivity contribution is -0.130. The van der Waals surface area contributed by atoms with Gasteiger partial charge in [-0.3, -0.25) is 4.79 Å². The van der Waals surface area contributed by atoms with Crippen LogP contribution < -0.4 is 11.1 Å². The van der Waals surface area contributed by atoms with Crippen LogP contribution in [-0.4, -0.2) is 25.2 Å². The monoisotopic (exact) mass is 268 g/mol. The molecule has 1 fully saturated rings. The molecule has 0 aromatic heterocycles.